The van der Waals surface area contributed by atoms with Gasteiger partial charge in [0.2, 0.25) is 0 Å². The normalized spacial score (nSPS) is 15.7. The molecule has 0 saturated heterocycles. The van der Waals surface area contributed by atoms with Gasteiger partial charge in [-0.05, 0) is 51.7 Å². The second kappa shape index (κ2) is 7.63. The van der Waals surface area contributed by atoms with Crippen LogP contribution in [0.2, 0.25) is 0 Å². The van der Waals surface area contributed by atoms with Gasteiger partial charge in [0, 0.05) is 12.6 Å². The molecule has 0 unspecified atom stereocenters. The monoisotopic (exact) mass is 303 g/mol. The molecule has 2 rings (SSSR count). The first kappa shape index (κ1) is 16.8. The van der Waals surface area contributed by atoms with Crippen LogP contribution in [0.4, 0.5) is 0 Å². The molecule has 1 aromatic carbocycles. The van der Waals surface area contributed by atoms with Crippen LogP contribution < -0.4 is 10.6 Å². The maximum Gasteiger partial charge on any atom is 0.191 e. The van der Waals surface area contributed by atoms with E-state index < -0.39 is 0 Å². The third-order valence-corrected chi connectivity index (χ3v) is 3.35. The lowest BCUT2D eigenvalue weighted by atomic mass is 10.1. The number of benzene rings is 1. The van der Waals surface area contributed by atoms with Crippen molar-refractivity contribution in [3.8, 4) is 0 Å². The van der Waals surface area contributed by atoms with E-state index >= 15 is 0 Å². The Kier molecular flexibility index (Phi) is 5.83. The molecule has 1 saturated carbocycles. The fourth-order valence-corrected chi connectivity index (χ4v) is 2.03. The third kappa shape index (κ3) is 6.48. The number of guanidine groups is 1. The SMILES string of the molecule is CCNC(=NCc1cccc(COC(C)(C)C)c1)NC1CC1. The van der Waals surface area contributed by atoms with Crippen LogP contribution in [0, 0.1) is 0 Å². The predicted octanol–water partition coefficient (Wildman–Crippen LogP) is 3.22. The minimum atomic E-state index is -0.111. The van der Waals surface area contributed by atoms with Crippen molar-refractivity contribution >= 4 is 5.96 Å². The molecule has 0 amide bonds. The highest BCUT2D eigenvalue weighted by molar-refractivity contribution is 5.80. The van der Waals surface area contributed by atoms with Gasteiger partial charge in [-0.2, -0.15) is 0 Å². The summed E-state index contributed by atoms with van der Waals surface area (Å²) in [5.41, 5.74) is 2.30. The molecule has 0 aromatic heterocycles. The van der Waals surface area contributed by atoms with Crippen LogP contribution in [0.3, 0.4) is 0 Å². The summed E-state index contributed by atoms with van der Waals surface area (Å²) in [6.07, 6.45) is 2.51. The van der Waals surface area contributed by atoms with Gasteiger partial charge in [-0.1, -0.05) is 24.3 Å². The van der Waals surface area contributed by atoms with Crippen LogP contribution in [0.25, 0.3) is 0 Å². The van der Waals surface area contributed by atoms with Gasteiger partial charge in [-0.25, -0.2) is 4.99 Å². The zero-order chi connectivity index (χ0) is 16.0. The Morgan fingerprint density at radius 1 is 1.27 bits per heavy atom. The van der Waals surface area contributed by atoms with E-state index in [2.05, 4.69) is 67.6 Å². The van der Waals surface area contributed by atoms with Crippen LogP contribution in [0.1, 0.15) is 51.7 Å². The molecule has 1 aliphatic carbocycles. The van der Waals surface area contributed by atoms with Gasteiger partial charge in [-0.3, -0.25) is 0 Å². The molecule has 22 heavy (non-hydrogen) atoms. The van der Waals surface area contributed by atoms with E-state index in [9.17, 15) is 0 Å². The van der Waals surface area contributed by atoms with E-state index in [0.717, 1.165) is 12.5 Å². The maximum absolute atomic E-state index is 5.83. The summed E-state index contributed by atoms with van der Waals surface area (Å²) >= 11 is 0. The lowest BCUT2D eigenvalue weighted by Crippen LogP contribution is -2.38. The Hall–Kier alpha value is -1.55. The van der Waals surface area contributed by atoms with Gasteiger partial charge in [0.1, 0.15) is 0 Å². The van der Waals surface area contributed by atoms with E-state index in [1.165, 1.54) is 24.0 Å². The number of hydrogen-bond donors (Lipinski definition) is 2. The number of aliphatic imine (C=N–C) groups is 1. The summed E-state index contributed by atoms with van der Waals surface area (Å²) in [6, 6.07) is 9.09. The summed E-state index contributed by atoms with van der Waals surface area (Å²) in [7, 11) is 0. The van der Waals surface area contributed by atoms with Gasteiger partial charge >= 0.3 is 0 Å². The largest absolute Gasteiger partial charge is 0.371 e. The summed E-state index contributed by atoms with van der Waals surface area (Å²) < 4.78 is 5.83. The van der Waals surface area contributed by atoms with E-state index in [1.807, 2.05) is 0 Å². The topological polar surface area (TPSA) is 45.7 Å². The quantitative estimate of drug-likeness (QED) is 0.626. The average Bonchev–Trinajstić information content (AvgIpc) is 3.27. The molecule has 0 radical (unpaired) electrons. The van der Waals surface area contributed by atoms with E-state index in [0.29, 0.717) is 19.2 Å². The molecule has 1 aromatic rings. The molecule has 0 bridgehead atoms. The van der Waals surface area contributed by atoms with Crippen molar-refractivity contribution in [3.05, 3.63) is 35.4 Å². The summed E-state index contributed by atoms with van der Waals surface area (Å²) in [5.74, 6) is 0.918. The van der Waals surface area contributed by atoms with Crippen LogP contribution in [-0.4, -0.2) is 24.1 Å². The summed E-state index contributed by atoms with van der Waals surface area (Å²) in [4.78, 5) is 4.67. The Balaban J connectivity index is 1.93. The number of nitrogens with zero attached hydrogens (tertiary/aromatic N) is 1. The Morgan fingerprint density at radius 3 is 2.64 bits per heavy atom. The minimum absolute atomic E-state index is 0.111. The van der Waals surface area contributed by atoms with E-state index in [-0.39, 0.29) is 5.60 Å². The Bertz CT molecular complexity index is 501. The fourth-order valence-electron chi connectivity index (χ4n) is 2.03. The molecule has 4 heteroatoms. The number of nitrogens with one attached hydrogen (secondary N) is 2. The van der Waals surface area contributed by atoms with Crippen molar-refractivity contribution in [3.63, 3.8) is 0 Å². The van der Waals surface area contributed by atoms with Crippen LogP contribution in [-0.2, 0) is 17.9 Å². The Morgan fingerprint density at radius 2 is 2.00 bits per heavy atom. The standard InChI is InChI=1S/C18H29N3O/c1-5-19-17(21-16-9-10-16)20-12-14-7-6-8-15(11-14)13-22-18(2,3)4/h6-8,11,16H,5,9-10,12-13H2,1-4H3,(H2,19,20,21). The molecule has 4 nitrogen and oxygen atoms in total. The molecule has 1 fully saturated rings. The highest BCUT2D eigenvalue weighted by Crippen LogP contribution is 2.18. The van der Waals surface area contributed by atoms with Crippen LogP contribution >= 0.6 is 0 Å². The smallest absolute Gasteiger partial charge is 0.191 e. The number of rotatable bonds is 6. The van der Waals surface area contributed by atoms with Crippen molar-refractivity contribution in [1.29, 1.82) is 0 Å². The highest BCUT2D eigenvalue weighted by Gasteiger charge is 2.22. The lowest BCUT2D eigenvalue weighted by molar-refractivity contribution is -0.0149. The average molecular weight is 303 g/mol. The number of hydrogen-bond acceptors (Lipinski definition) is 2. The van der Waals surface area contributed by atoms with Crippen molar-refractivity contribution in [2.24, 2.45) is 4.99 Å². The zero-order valence-electron chi connectivity index (χ0n) is 14.3. The third-order valence-electron chi connectivity index (χ3n) is 3.35. The van der Waals surface area contributed by atoms with Gasteiger partial charge < -0.3 is 15.4 Å². The summed E-state index contributed by atoms with van der Waals surface area (Å²) in [5, 5.41) is 6.73. The molecule has 0 heterocycles. The Labute approximate surface area is 134 Å². The second-order valence-electron chi connectivity index (χ2n) is 6.83. The molecule has 1 aliphatic rings. The van der Waals surface area contributed by atoms with E-state index in [1.54, 1.807) is 0 Å². The summed E-state index contributed by atoms with van der Waals surface area (Å²) in [6.45, 7) is 10.5. The molecular weight excluding hydrogens is 274 g/mol. The van der Waals surface area contributed by atoms with Crippen molar-refractivity contribution < 1.29 is 4.74 Å². The second-order valence-corrected chi connectivity index (χ2v) is 6.83. The maximum atomic E-state index is 5.83. The first-order chi connectivity index (χ1) is 10.5. The predicted molar refractivity (Wildman–Crippen MR) is 92.0 cm³/mol. The molecule has 122 valence electrons. The van der Waals surface area contributed by atoms with Crippen molar-refractivity contribution in [2.45, 2.75) is 65.3 Å². The molecular formula is C18H29N3O. The molecule has 2 N–H and O–H groups in total. The zero-order valence-corrected chi connectivity index (χ0v) is 14.3. The molecule has 0 spiro atoms. The first-order valence-electron chi connectivity index (χ1n) is 8.23. The van der Waals surface area contributed by atoms with Gasteiger partial charge in [0.25, 0.3) is 0 Å². The highest BCUT2D eigenvalue weighted by atomic mass is 16.5. The van der Waals surface area contributed by atoms with Gasteiger partial charge in [0.15, 0.2) is 5.96 Å². The van der Waals surface area contributed by atoms with Crippen LogP contribution in [0.15, 0.2) is 29.3 Å². The fraction of sp³-hybridized carbons (Fsp3) is 0.611. The van der Waals surface area contributed by atoms with Gasteiger partial charge in [0.05, 0.1) is 18.8 Å². The number of ether oxygens (including phenoxy) is 1. The minimum Gasteiger partial charge on any atom is -0.371 e. The molecule has 0 aliphatic heterocycles. The van der Waals surface area contributed by atoms with Crippen molar-refractivity contribution in [1.82, 2.24) is 10.6 Å². The lowest BCUT2D eigenvalue weighted by Gasteiger charge is -2.19. The van der Waals surface area contributed by atoms with Crippen molar-refractivity contribution in [2.75, 3.05) is 6.54 Å². The molecule has 0 atom stereocenters. The van der Waals surface area contributed by atoms with Gasteiger partial charge in [-0.15, -0.1) is 0 Å². The van der Waals surface area contributed by atoms with E-state index in [4.69, 9.17) is 4.74 Å². The first-order valence-corrected chi connectivity index (χ1v) is 8.23. The van der Waals surface area contributed by atoms with Crippen LogP contribution in [0.5, 0.6) is 0 Å².